The highest BCUT2D eigenvalue weighted by Gasteiger charge is 2.10. The van der Waals surface area contributed by atoms with Gasteiger partial charge in [0.1, 0.15) is 0 Å². The van der Waals surface area contributed by atoms with Gasteiger partial charge in [-0.2, -0.15) is 0 Å². The Morgan fingerprint density at radius 1 is 1.16 bits per heavy atom. The molecule has 0 aromatic heterocycles. The maximum absolute atomic E-state index is 11.9. The number of likely N-dealkylation sites (tertiary alicyclic amines) is 1. The van der Waals surface area contributed by atoms with E-state index in [-0.39, 0.29) is 5.91 Å². The van der Waals surface area contributed by atoms with E-state index >= 15 is 0 Å². The number of benzene rings is 1. The number of rotatable bonds is 5. The molecule has 4 heteroatoms. The summed E-state index contributed by atoms with van der Waals surface area (Å²) in [7, 11) is 0. The molecule has 1 fully saturated rings. The molecule has 0 radical (unpaired) electrons. The topological polar surface area (TPSA) is 58.4 Å². The van der Waals surface area contributed by atoms with Gasteiger partial charge < -0.3 is 16.0 Å². The van der Waals surface area contributed by atoms with Gasteiger partial charge in [-0.1, -0.05) is 18.6 Å². The first kappa shape index (κ1) is 14.0. The van der Waals surface area contributed by atoms with E-state index in [0.717, 1.165) is 18.7 Å². The SMILES string of the molecule is NCc1ccc(C(=O)NCCN2CCCCC2)cc1. The van der Waals surface area contributed by atoms with Crippen LogP contribution in [0, 0.1) is 0 Å². The average molecular weight is 261 g/mol. The molecule has 19 heavy (non-hydrogen) atoms. The van der Waals surface area contributed by atoms with Crippen molar-refractivity contribution >= 4 is 5.91 Å². The van der Waals surface area contributed by atoms with Gasteiger partial charge in [0.2, 0.25) is 0 Å². The molecule has 104 valence electrons. The van der Waals surface area contributed by atoms with Gasteiger partial charge in [0.25, 0.3) is 5.91 Å². The highest BCUT2D eigenvalue weighted by molar-refractivity contribution is 5.94. The lowest BCUT2D eigenvalue weighted by atomic mass is 10.1. The predicted octanol–water partition coefficient (Wildman–Crippen LogP) is 1.36. The largest absolute Gasteiger partial charge is 0.351 e. The standard InChI is InChI=1S/C15H23N3O/c16-12-13-4-6-14(7-5-13)15(19)17-8-11-18-9-2-1-3-10-18/h4-7H,1-3,8-12,16H2,(H,17,19). The van der Waals surface area contributed by atoms with E-state index in [4.69, 9.17) is 5.73 Å². The van der Waals surface area contributed by atoms with Crippen LogP contribution in [0.1, 0.15) is 35.2 Å². The number of amides is 1. The van der Waals surface area contributed by atoms with E-state index < -0.39 is 0 Å². The third-order valence-corrected chi connectivity index (χ3v) is 3.61. The molecule has 1 aliphatic heterocycles. The molecule has 1 aromatic carbocycles. The number of nitrogens with one attached hydrogen (secondary N) is 1. The van der Waals surface area contributed by atoms with Gasteiger partial charge in [0, 0.05) is 25.2 Å². The van der Waals surface area contributed by atoms with Crippen molar-refractivity contribution in [2.24, 2.45) is 5.73 Å². The van der Waals surface area contributed by atoms with E-state index in [2.05, 4.69) is 10.2 Å². The second-order valence-corrected chi connectivity index (χ2v) is 5.06. The number of carbonyl (C=O) groups excluding carboxylic acids is 1. The summed E-state index contributed by atoms with van der Waals surface area (Å²) >= 11 is 0. The predicted molar refractivity (Wildman–Crippen MR) is 77.0 cm³/mol. The number of carbonyl (C=O) groups is 1. The van der Waals surface area contributed by atoms with Gasteiger partial charge in [-0.3, -0.25) is 4.79 Å². The minimum Gasteiger partial charge on any atom is -0.351 e. The first-order valence-corrected chi connectivity index (χ1v) is 7.09. The number of hydrogen-bond donors (Lipinski definition) is 2. The zero-order chi connectivity index (χ0) is 13.5. The van der Waals surface area contributed by atoms with E-state index in [1.165, 1.54) is 32.4 Å². The summed E-state index contributed by atoms with van der Waals surface area (Å²) < 4.78 is 0. The van der Waals surface area contributed by atoms with Crippen LogP contribution in [0.25, 0.3) is 0 Å². The summed E-state index contributed by atoms with van der Waals surface area (Å²) in [6, 6.07) is 7.47. The van der Waals surface area contributed by atoms with Crippen LogP contribution in [0.4, 0.5) is 0 Å². The summed E-state index contributed by atoms with van der Waals surface area (Å²) in [5.74, 6) is 0.000538. The lowest BCUT2D eigenvalue weighted by Gasteiger charge is -2.26. The normalized spacial score (nSPS) is 16.3. The summed E-state index contributed by atoms with van der Waals surface area (Å²) in [5.41, 5.74) is 7.28. The Kier molecular flexibility index (Phi) is 5.36. The Morgan fingerprint density at radius 2 is 1.84 bits per heavy atom. The molecule has 1 saturated heterocycles. The molecule has 4 nitrogen and oxygen atoms in total. The Labute approximate surface area is 115 Å². The van der Waals surface area contributed by atoms with Crippen LogP contribution in [0.5, 0.6) is 0 Å². The molecule has 1 heterocycles. The lowest BCUT2D eigenvalue weighted by molar-refractivity contribution is 0.0946. The molecule has 0 unspecified atom stereocenters. The van der Waals surface area contributed by atoms with Gasteiger partial charge >= 0.3 is 0 Å². The fraction of sp³-hybridized carbons (Fsp3) is 0.533. The number of hydrogen-bond acceptors (Lipinski definition) is 3. The first-order chi connectivity index (χ1) is 9.29. The van der Waals surface area contributed by atoms with Crippen LogP contribution >= 0.6 is 0 Å². The van der Waals surface area contributed by atoms with Gasteiger partial charge in [0.15, 0.2) is 0 Å². The number of nitrogens with two attached hydrogens (primary N) is 1. The third kappa shape index (κ3) is 4.33. The van der Waals surface area contributed by atoms with Crippen molar-refractivity contribution < 1.29 is 4.79 Å². The monoisotopic (exact) mass is 261 g/mol. The van der Waals surface area contributed by atoms with E-state index in [0.29, 0.717) is 12.1 Å². The Balaban J connectivity index is 1.73. The van der Waals surface area contributed by atoms with E-state index in [1.807, 2.05) is 24.3 Å². The van der Waals surface area contributed by atoms with Crippen LogP contribution in [-0.2, 0) is 6.54 Å². The minimum atomic E-state index is 0.000538. The van der Waals surface area contributed by atoms with Crippen LogP contribution in [0.3, 0.4) is 0 Å². The van der Waals surface area contributed by atoms with Crippen molar-refractivity contribution in [2.45, 2.75) is 25.8 Å². The smallest absolute Gasteiger partial charge is 0.251 e. The summed E-state index contributed by atoms with van der Waals surface area (Å²) in [6.07, 6.45) is 3.92. The minimum absolute atomic E-state index is 0.000538. The molecule has 3 N–H and O–H groups in total. The molecule has 0 saturated carbocycles. The van der Waals surface area contributed by atoms with E-state index in [9.17, 15) is 4.79 Å². The molecule has 1 aliphatic rings. The second-order valence-electron chi connectivity index (χ2n) is 5.06. The maximum atomic E-state index is 11.9. The fourth-order valence-corrected chi connectivity index (χ4v) is 2.40. The van der Waals surface area contributed by atoms with Crippen LogP contribution in [0.15, 0.2) is 24.3 Å². The quantitative estimate of drug-likeness (QED) is 0.841. The molecule has 2 rings (SSSR count). The lowest BCUT2D eigenvalue weighted by Crippen LogP contribution is -2.37. The molecule has 0 atom stereocenters. The Bertz CT molecular complexity index is 396. The Hall–Kier alpha value is -1.39. The zero-order valence-electron chi connectivity index (χ0n) is 11.4. The van der Waals surface area contributed by atoms with Gasteiger partial charge in [-0.15, -0.1) is 0 Å². The fourth-order valence-electron chi connectivity index (χ4n) is 2.40. The van der Waals surface area contributed by atoms with Crippen molar-refractivity contribution in [3.05, 3.63) is 35.4 Å². The van der Waals surface area contributed by atoms with Crippen LogP contribution in [-0.4, -0.2) is 37.0 Å². The molecule has 1 amide bonds. The van der Waals surface area contributed by atoms with Crippen LogP contribution in [0.2, 0.25) is 0 Å². The molecule has 0 aliphatic carbocycles. The summed E-state index contributed by atoms with van der Waals surface area (Å²) in [6.45, 7) is 4.52. The second kappa shape index (κ2) is 7.26. The van der Waals surface area contributed by atoms with Crippen molar-refractivity contribution in [1.82, 2.24) is 10.2 Å². The molecular weight excluding hydrogens is 238 g/mol. The van der Waals surface area contributed by atoms with Crippen LogP contribution < -0.4 is 11.1 Å². The Morgan fingerprint density at radius 3 is 2.47 bits per heavy atom. The number of piperidine rings is 1. The first-order valence-electron chi connectivity index (χ1n) is 7.09. The molecular formula is C15H23N3O. The highest BCUT2D eigenvalue weighted by Crippen LogP contribution is 2.07. The van der Waals surface area contributed by atoms with E-state index in [1.54, 1.807) is 0 Å². The van der Waals surface area contributed by atoms with Crippen molar-refractivity contribution in [3.63, 3.8) is 0 Å². The third-order valence-electron chi connectivity index (χ3n) is 3.61. The highest BCUT2D eigenvalue weighted by atomic mass is 16.1. The van der Waals surface area contributed by atoms with Crippen molar-refractivity contribution in [1.29, 1.82) is 0 Å². The van der Waals surface area contributed by atoms with Gasteiger partial charge in [-0.25, -0.2) is 0 Å². The summed E-state index contributed by atoms with van der Waals surface area (Å²) in [5, 5.41) is 2.97. The maximum Gasteiger partial charge on any atom is 0.251 e. The van der Waals surface area contributed by atoms with Gasteiger partial charge in [-0.05, 0) is 43.6 Å². The van der Waals surface area contributed by atoms with Crippen molar-refractivity contribution in [2.75, 3.05) is 26.2 Å². The molecule has 0 bridgehead atoms. The van der Waals surface area contributed by atoms with Gasteiger partial charge in [0.05, 0.1) is 0 Å². The summed E-state index contributed by atoms with van der Waals surface area (Å²) in [4.78, 5) is 14.3. The molecule has 0 spiro atoms. The number of nitrogens with zero attached hydrogens (tertiary/aromatic N) is 1. The molecule has 1 aromatic rings. The van der Waals surface area contributed by atoms with Crippen molar-refractivity contribution in [3.8, 4) is 0 Å². The zero-order valence-corrected chi connectivity index (χ0v) is 11.4. The average Bonchev–Trinajstić information content (AvgIpc) is 2.48.